The maximum Gasteiger partial charge on any atom is 0.249 e. The Bertz CT molecular complexity index is 879. The highest BCUT2D eigenvalue weighted by Gasteiger charge is 2.55. The lowest BCUT2D eigenvalue weighted by molar-refractivity contribution is -0.136. The molecule has 4 amide bonds. The molecular formula is C19H21FN4O4. The number of primary amides is 1. The fraction of sp³-hybridized carbons (Fsp3) is 0.474. The molecule has 2 saturated heterocycles. The Morgan fingerprint density at radius 2 is 1.96 bits per heavy atom. The van der Waals surface area contributed by atoms with Gasteiger partial charge in [-0.05, 0) is 43.0 Å². The average molecular weight is 388 g/mol. The van der Waals surface area contributed by atoms with Crippen molar-refractivity contribution in [3.05, 3.63) is 29.6 Å². The minimum absolute atomic E-state index is 0.108. The number of amides is 4. The summed E-state index contributed by atoms with van der Waals surface area (Å²) in [5, 5.41) is 2.28. The molecule has 2 fully saturated rings. The van der Waals surface area contributed by atoms with Gasteiger partial charge in [0.05, 0.1) is 12.0 Å². The van der Waals surface area contributed by atoms with Crippen molar-refractivity contribution >= 4 is 29.3 Å². The van der Waals surface area contributed by atoms with Gasteiger partial charge in [-0.15, -0.1) is 0 Å². The van der Waals surface area contributed by atoms with E-state index in [0.29, 0.717) is 37.2 Å². The van der Waals surface area contributed by atoms with E-state index >= 15 is 0 Å². The number of hydrogen-bond donors (Lipinski definition) is 2. The van der Waals surface area contributed by atoms with Crippen molar-refractivity contribution in [2.75, 3.05) is 24.5 Å². The lowest BCUT2D eigenvalue weighted by Gasteiger charge is -2.39. The van der Waals surface area contributed by atoms with Crippen molar-refractivity contribution in [3.63, 3.8) is 0 Å². The van der Waals surface area contributed by atoms with E-state index in [1.165, 1.54) is 23.1 Å². The third-order valence-electron chi connectivity index (χ3n) is 5.97. The van der Waals surface area contributed by atoms with Crippen LogP contribution >= 0.6 is 0 Å². The van der Waals surface area contributed by atoms with Crippen LogP contribution in [0, 0.1) is 5.82 Å². The van der Waals surface area contributed by atoms with Crippen LogP contribution in [-0.2, 0) is 24.6 Å². The van der Waals surface area contributed by atoms with Gasteiger partial charge in [0, 0.05) is 25.2 Å². The third-order valence-corrected chi connectivity index (χ3v) is 5.97. The molecule has 1 atom stereocenters. The Morgan fingerprint density at radius 3 is 2.61 bits per heavy atom. The largest absolute Gasteiger partial charge is 0.369 e. The number of nitrogens with two attached hydrogens (primary N) is 1. The molecule has 28 heavy (non-hydrogen) atoms. The minimum Gasteiger partial charge on any atom is -0.369 e. The van der Waals surface area contributed by atoms with Gasteiger partial charge in [-0.2, -0.15) is 0 Å². The van der Waals surface area contributed by atoms with Gasteiger partial charge >= 0.3 is 0 Å². The zero-order chi connectivity index (χ0) is 20.1. The highest BCUT2D eigenvalue weighted by atomic mass is 19.1. The summed E-state index contributed by atoms with van der Waals surface area (Å²) in [4.78, 5) is 51.9. The second-order valence-electron chi connectivity index (χ2n) is 7.63. The van der Waals surface area contributed by atoms with Crippen molar-refractivity contribution in [3.8, 4) is 0 Å². The van der Waals surface area contributed by atoms with Crippen molar-refractivity contribution in [2.45, 2.75) is 37.1 Å². The molecule has 3 aliphatic heterocycles. The summed E-state index contributed by atoms with van der Waals surface area (Å²) in [5.41, 5.74) is 5.41. The minimum atomic E-state index is -0.937. The zero-order valence-corrected chi connectivity index (χ0v) is 15.2. The number of hydrogen-bond acceptors (Lipinski definition) is 5. The second kappa shape index (κ2) is 6.66. The number of halogens is 1. The van der Waals surface area contributed by atoms with Gasteiger partial charge in [0.15, 0.2) is 0 Å². The maximum absolute atomic E-state index is 14.0. The first-order valence-corrected chi connectivity index (χ1v) is 9.30. The van der Waals surface area contributed by atoms with Crippen LogP contribution in [0.4, 0.5) is 10.1 Å². The number of nitrogens with one attached hydrogen (secondary N) is 1. The topological polar surface area (TPSA) is 113 Å². The normalized spacial score (nSPS) is 24.4. The average Bonchev–Trinajstić information content (AvgIpc) is 2.86. The first-order chi connectivity index (χ1) is 13.3. The molecule has 0 radical (unpaired) electrons. The van der Waals surface area contributed by atoms with Gasteiger partial charge in [-0.1, -0.05) is 0 Å². The second-order valence-corrected chi connectivity index (χ2v) is 7.63. The van der Waals surface area contributed by atoms with Crippen LogP contribution in [0.3, 0.4) is 0 Å². The molecule has 1 spiro atoms. The molecule has 3 heterocycles. The summed E-state index contributed by atoms with van der Waals surface area (Å²) < 4.78 is 14.0. The number of fused-ring (bicyclic) bond motifs is 2. The van der Waals surface area contributed by atoms with Crippen LogP contribution in [0.2, 0.25) is 0 Å². The third kappa shape index (κ3) is 2.86. The Kier molecular flexibility index (Phi) is 4.41. The van der Waals surface area contributed by atoms with Crippen molar-refractivity contribution < 1.29 is 23.6 Å². The molecule has 0 aromatic heterocycles. The van der Waals surface area contributed by atoms with Gasteiger partial charge in [0.2, 0.25) is 23.6 Å². The lowest BCUT2D eigenvalue weighted by atomic mass is 9.73. The van der Waals surface area contributed by atoms with E-state index in [1.807, 2.05) is 4.90 Å². The maximum atomic E-state index is 14.0. The molecule has 8 nitrogen and oxygen atoms in total. The summed E-state index contributed by atoms with van der Waals surface area (Å²) >= 11 is 0. The molecule has 0 saturated carbocycles. The Labute approximate surface area is 160 Å². The van der Waals surface area contributed by atoms with E-state index < -0.39 is 29.1 Å². The summed E-state index contributed by atoms with van der Waals surface area (Å²) in [6.07, 6.45) is 1.19. The smallest absolute Gasteiger partial charge is 0.249 e. The summed E-state index contributed by atoms with van der Waals surface area (Å²) in [5.74, 6) is -2.01. The van der Waals surface area contributed by atoms with E-state index in [1.54, 1.807) is 0 Å². The van der Waals surface area contributed by atoms with Gasteiger partial charge < -0.3 is 5.73 Å². The number of carbonyl (C=O) groups is 4. The van der Waals surface area contributed by atoms with E-state index in [0.717, 1.165) is 0 Å². The van der Waals surface area contributed by atoms with Gasteiger partial charge in [-0.3, -0.25) is 34.3 Å². The highest BCUT2D eigenvalue weighted by Crippen LogP contribution is 2.49. The summed E-state index contributed by atoms with van der Waals surface area (Å²) in [6, 6.07) is 3.36. The lowest BCUT2D eigenvalue weighted by Crippen LogP contribution is -2.57. The monoisotopic (exact) mass is 388 g/mol. The molecule has 3 aliphatic rings. The number of likely N-dealkylation sites (tertiary alicyclic amines) is 1. The molecular weight excluding hydrogens is 367 g/mol. The van der Waals surface area contributed by atoms with Crippen LogP contribution in [-0.4, -0.2) is 54.2 Å². The van der Waals surface area contributed by atoms with E-state index in [9.17, 15) is 23.6 Å². The van der Waals surface area contributed by atoms with Crippen LogP contribution in [0.1, 0.15) is 31.2 Å². The fourth-order valence-electron chi connectivity index (χ4n) is 4.59. The predicted octanol–water partition coefficient (Wildman–Crippen LogP) is -0.204. The number of imide groups is 1. The molecule has 0 bridgehead atoms. The van der Waals surface area contributed by atoms with E-state index in [2.05, 4.69) is 5.32 Å². The first-order valence-electron chi connectivity index (χ1n) is 9.30. The Morgan fingerprint density at radius 1 is 1.25 bits per heavy atom. The molecule has 9 heteroatoms. The first kappa shape index (κ1) is 18.5. The number of anilines is 1. The van der Waals surface area contributed by atoms with Crippen LogP contribution in [0.5, 0.6) is 0 Å². The molecule has 4 rings (SSSR count). The summed E-state index contributed by atoms with van der Waals surface area (Å²) in [7, 11) is 0. The van der Waals surface area contributed by atoms with E-state index in [4.69, 9.17) is 5.73 Å². The predicted molar refractivity (Wildman–Crippen MR) is 96.6 cm³/mol. The number of benzene rings is 1. The van der Waals surface area contributed by atoms with Crippen LogP contribution in [0.15, 0.2) is 18.2 Å². The standard InChI is InChI=1S/C19H21FN4O4/c20-11-1-2-13-12(9-11)19(5-7-23(8-6-19)10-15(21)25)18(28)24(13)14-3-4-16(26)22-17(14)27/h1-2,9,14H,3-8,10H2,(H2,21,25)(H,22,26,27). The quantitative estimate of drug-likeness (QED) is 0.696. The highest BCUT2D eigenvalue weighted by molar-refractivity contribution is 6.14. The number of nitrogens with zero attached hydrogens (tertiary/aromatic N) is 2. The molecule has 0 aliphatic carbocycles. The molecule has 148 valence electrons. The van der Waals surface area contributed by atoms with Crippen molar-refractivity contribution in [1.82, 2.24) is 10.2 Å². The van der Waals surface area contributed by atoms with Gasteiger partial charge in [0.1, 0.15) is 11.9 Å². The van der Waals surface area contributed by atoms with Crippen molar-refractivity contribution in [2.24, 2.45) is 5.73 Å². The van der Waals surface area contributed by atoms with Crippen molar-refractivity contribution in [1.29, 1.82) is 0 Å². The zero-order valence-electron chi connectivity index (χ0n) is 15.2. The number of rotatable bonds is 3. The van der Waals surface area contributed by atoms with Crippen LogP contribution < -0.4 is 16.0 Å². The Hall–Kier alpha value is -2.81. The number of piperidine rings is 2. The number of carbonyl (C=O) groups excluding carboxylic acids is 4. The fourth-order valence-corrected chi connectivity index (χ4v) is 4.59. The van der Waals surface area contributed by atoms with Gasteiger partial charge in [0.25, 0.3) is 0 Å². The summed E-state index contributed by atoms with van der Waals surface area (Å²) in [6.45, 7) is 1.04. The van der Waals surface area contributed by atoms with Gasteiger partial charge in [-0.25, -0.2) is 4.39 Å². The molecule has 1 aromatic carbocycles. The Balaban J connectivity index is 1.69. The molecule has 3 N–H and O–H groups in total. The van der Waals surface area contributed by atoms with E-state index in [-0.39, 0.29) is 31.2 Å². The molecule has 1 unspecified atom stereocenters. The van der Waals surface area contributed by atoms with Crippen LogP contribution in [0.25, 0.3) is 0 Å². The molecule has 1 aromatic rings. The SMILES string of the molecule is NC(=O)CN1CCC2(CC1)C(=O)N(C1CCC(=O)NC1=O)c1ccc(F)cc12.